The maximum absolute atomic E-state index is 12.3. The SMILES string of the molecule is Nc1ccc(NC(=O)CN2CCCCc3cc(O)ccc32)cc1. The van der Waals surface area contributed by atoms with Crippen LogP contribution in [0.5, 0.6) is 5.75 Å². The molecule has 0 saturated heterocycles. The lowest BCUT2D eigenvalue weighted by Gasteiger charge is -2.24. The Morgan fingerprint density at radius 2 is 1.96 bits per heavy atom. The normalized spacial score (nSPS) is 14.0. The molecule has 1 aliphatic heterocycles. The highest BCUT2D eigenvalue weighted by Gasteiger charge is 2.18. The monoisotopic (exact) mass is 311 g/mol. The number of nitrogens with zero attached hydrogens (tertiary/aromatic N) is 1. The number of aromatic hydroxyl groups is 1. The number of aryl methyl sites for hydroxylation is 1. The van der Waals surface area contributed by atoms with Crippen LogP contribution in [-0.2, 0) is 11.2 Å². The summed E-state index contributed by atoms with van der Waals surface area (Å²) in [6, 6.07) is 12.5. The molecule has 1 amide bonds. The molecule has 0 unspecified atom stereocenters. The fraction of sp³-hybridized carbons (Fsp3) is 0.278. The van der Waals surface area contributed by atoms with Gasteiger partial charge in [0.1, 0.15) is 5.75 Å². The van der Waals surface area contributed by atoms with Gasteiger partial charge in [-0.1, -0.05) is 0 Å². The van der Waals surface area contributed by atoms with Gasteiger partial charge in [0.2, 0.25) is 5.91 Å². The summed E-state index contributed by atoms with van der Waals surface area (Å²) in [4.78, 5) is 14.4. The Hall–Kier alpha value is -2.69. The first-order valence-corrected chi connectivity index (χ1v) is 7.84. The topological polar surface area (TPSA) is 78.6 Å². The first-order chi connectivity index (χ1) is 11.1. The number of anilines is 3. The molecule has 0 bridgehead atoms. The van der Waals surface area contributed by atoms with Crippen LogP contribution in [0.4, 0.5) is 17.1 Å². The fourth-order valence-electron chi connectivity index (χ4n) is 2.92. The molecule has 5 nitrogen and oxygen atoms in total. The lowest BCUT2D eigenvalue weighted by atomic mass is 10.1. The number of hydrogen-bond acceptors (Lipinski definition) is 4. The van der Waals surface area contributed by atoms with E-state index in [1.165, 1.54) is 0 Å². The summed E-state index contributed by atoms with van der Waals surface area (Å²) in [6.07, 6.45) is 3.02. The molecule has 1 aliphatic rings. The number of phenols is 1. The average Bonchev–Trinajstić information content (AvgIpc) is 2.71. The third kappa shape index (κ3) is 3.74. The quantitative estimate of drug-likeness (QED) is 0.762. The number of carbonyl (C=O) groups is 1. The third-order valence-corrected chi connectivity index (χ3v) is 4.06. The first-order valence-electron chi connectivity index (χ1n) is 7.84. The summed E-state index contributed by atoms with van der Waals surface area (Å²) >= 11 is 0. The van der Waals surface area contributed by atoms with E-state index in [4.69, 9.17) is 5.73 Å². The number of benzene rings is 2. The van der Waals surface area contributed by atoms with Gasteiger partial charge in [-0.05, 0) is 67.3 Å². The summed E-state index contributed by atoms with van der Waals surface area (Å²) in [7, 11) is 0. The molecule has 3 rings (SSSR count). The molecule has 2 aromatic rings. The Balaban J connectivity index is 1.72. The van der Waals surface area contributed by atoms with Gasteiger partial charge in [0.15, 0.2) is 0 Å². The Kier molecular flexibility index (Phi) is 4.37. The standard InChI is InChI=1S/C18H21N3O2/c19-14-4-6-15(7-5-14)20-18(23)12-21-10-2-1-3-13-11-16(22)8-9-17(13)21/h4-9,11,22H,1-3,10,12,19H2,(H,20,23). The van der Waals surface area contributed by atoms with Crippen molar-refractivity contribution in [3.63, 3.8) is 0 Å². The zero-order chi connectivity index (χ0) is 16.2. The van der Waals surface area contributed by atoms with Crippen molar-refractivity contribution in [2.45, 2.75) is 19.3 Å². The number of nitrogens with two attached hydrogens (primary N) is 1. The highest BCUT2D eigenvalue weighted by molar-refractivity contribution is 5.94. The molecule has 0 aromatic heterocycles. The van der Waals surface area contributed by atoms with E-state index in [2.05, 4.69) is 10.2 Å². The van der Waals surface area contributed by atoms with Gasteiger partial charge in [0, 0.05) is 23.6 Å². The van der Waals surface area contributed by atoms with E-state index in [9.17, 15) is 9.90 Å². The zero-order valence-electron chi connectivity index (χ0n) is 13.0. The van der Waals surface area contributed by atoms with E-state index in [1.807, 2.05) is 6.07 Å². The van der Waals surface area contributed by atoms with Crippen molar-refractivity contribution in [3.05, 3.63) is 48.0 Å². The summed E-state index contributed by atoms with van der Waals surface area (Å²) in [5.74, 6) is 0.215. The second-order valence-corrected chi connectivity index (χ2v) is 5.86. The second kappa shape index (κ2) is 6.60. The first kappa shape index (κ1) is 15.2. The average molecular weight is 311 g/mol. The second-order valence-electron chi connectivity index (χ2n) is 5.86. The van der Waals surface area contributed by atoms with Crippen LogP contribution in [0.1, 0.15) is 18.4 Å². The van der Waals surface area contributed by atoms with Crippen molar-refractivity contribution >= 4 is 23.0 Å². The molecule has 2 aromatic carbocycles. The molecule has 4 N–H and O–H groups in total. The van der Waals surface area contributed by atoms with Crippen molar-refractivity contribution < 1.29 is 9.90 Å². The number of amides is 1. The van der Waals surface area contributed by atoms with Crippen LogP contribution in [0.2, 0.25) is 0 Å². The summed E-state index contributed by atoms with van der Waals surface area (Å²) < 4.78 is 0. The van der Waals surface area contributed by atoms with Crippen LogP contribution in [0.3, 0.4) is 0 Å². The summed E-state index contributed by atoms with van der Waals surface area (Å²) in [5.41, 5.74) is 9.19. The van der Waals surface area contributed by atoms with Crippen molar-refractivity contribution in [3.8, 4) is 5.75 Å². The molecule has 0 aliphatic carbocycles. The molecule has 0 spiro atoms. The molecule has 0 fully saturated rings. The highest BCUT2D eigenvalue weighted by Crippen LogP contribution is 2.29. The van der Waals surface area contributed by atoms with Crippen molar-refractivity contribution in [1.29, 1.82) is 0 Å². The maximum atomic E-state index is 12.3. The number of hydrogen-bond donors (Lipinski definition) is 3. The molecule has 0 radical (unpaired) electrons. The van der Waals surface area contributed by atoms with E-state index in [0.29, 0.717) is 12.2 Å². The maximum Gasteiger partial charge on any atom is 0.243 e. The minimum absolute atomic E-state index is 0.0595. The van der Waals surface area contributed by atoms with Crippen LogP contribution >= 0.6 is 0 Å². The van der Waals surface area contributed by atoms with Gasteiger partial charge in [-0.15, -0.1) is 0 Å². The highest BCUT2D eigenvalue weighted by atomic mass is 16.3. The molecular weight excluding hydrogens is 290 g/mol. The van der Waals surface area contributed by atoms with Gasteiger partial charge in [-0.3, -0.25) is 4.79 Å². The van der Waals surface area contributed by atoms with Crippen molar-refractivity contribution in [2.24, 2.45) is 0 Å². The van der Waals surface area contributed by atoms with E-state index in [0.717, 1.165) is 42.7 Å². The predicted molar refractivity (Wildman–Crippen MR) is 92.7 cm³/mol. The van der Waals surface area contributed by atoms with Crippen molar-refractivity contribution in [2.75, 3.05) is 29.0 Å². The van der Waals surface area contributed by atoms with Crippen LogP contribution in [0, 0.1) is 0 Å². The smallest absolute Gasteiger partial charge is 0.243 e. The Bertz CT molecular complexity index is 698. The lowest BCUT2D eigenvalue weighted by Crippen LogP contribution is -2.33. The van der Waals surface area contributed by atoms with Crippen LogP contribution in [-0.4, -0.2) is 24.1 Å². The Morgan fingerprint density at radius 3 is 2.74 bits per heavy atom. The number of rotatable bonds is 3. The number of carbonyl (C=O) groups excluding carboxylic acids is 1. The van der Waals surface area contributed by atoms with Gasteiger partial charge in [0.25, 0.3) is 0 Å². The van der Waals surface area contributed by atoms with Crippen LogP contribution in [0.25, 0.3) is 0 Å². The van der Waals surface area contributed by atoms with E-state index in [-0.39, 0.29) is 11.7 Å². The number of phenolic OH excluding ortho intramolecular Hbond substituents is 1. The molecule has 5 heteroatoms. The molecule has 0 saturated carbocycles. The van der Waals surface area contributed by atoms with Gasteiger partial charge in [-0.25, -0.2) is 0 Å². The molecule has 120 valence electrons. The molecule has 23 heavy (non-hydrogen) atoms. The largest absolute Gasteiger partial charge is 0.508 e. The zero-order valence-corrected chi connectivity index (χ0v) is 13.0. The molecule has 1 heterocycles. The number of fused-ring (bicyclic) bond motifs is 1. The third-order valence-electron chi connectivity index (χ3n) is 4.06. The predicted octanol–water partition coefficient (Wildman–Crippen LogP) is 2.76. The number of nitrogens with one attached hydrogen (secondary N) is 1. The van der Waals surface area contributed by atoms with Gasteiger partial charge in [0.05, 0.1) is 6.54 Å². The Morgan fingerprint density at radius 1 is 1.17 bits per heavy atom. The lowest BCUT2D eigenvalue weighted by molar-refractivity contribution is -0.115. The van der Waals surface area contributed by atoms with Crippen LogP contribution in [0.15, 0.2) is 42.5 Å². The van der Waals surface area contributed by atoms with Crippen LogP contribution < -0.4 is 16.0 Å². The van der Waals surface area contributed by atoms with Crippen molar-refractivity contribution in [1.82, 2.24) is 0 Å². The van der Waals surface area contributed by atoms with E-state index < -0.39 is 0 Å². The Labute approximate surface area is 135 Å². The summed E-state index contributed by atoms with van der Waals surface area (Å²) in [6.45, 7) is 1.13. The molecular formula is C18H21N3O2. The number of nitrogen functional groups attached to an aromatic ring is 1. The van der Waals surface area contributed by atoms with Gasteiger partial charge < -0.3 is 21.1 Å². The molecule has 0 atom stereocenters. The minimum atomic E-state index is -0.0595. The van der Waals surface area contributed by atoms with E-state index in [1.54, 1.807) is 36.4 Å². The summed E-state index contributed by atoms with van der Waals surface area (Å²) in [5, 5.41) is 12.6. The van der Waals surface area contributed by atoms with Gasteiger partial charge in [-0.2, -0.15) is 0 Å². The minimum Gasteiger partial charge on any atom is -0.508 e. The van der Waals surface area contributed by atoms with Gasteiger partial charge >= 0.3 is 0 Å². The fourth-order valence-corrected chi connectivity index (χ4v) is 2.92. The van der Waals surface area contributed by atoms with E-state index >= 15 is 0 Å².